The van der Waals surface area contributed by atoms with Gasteiger partial charge in [0, 0.05) is 12.0 Å². The monoisotopic (exact) mass is 322 g/mol. The molecule has 0 fully saturated rings. The van der Waals surface area contributed by atoms with Crippen LogP contribution in [0.3, 0.4) is 0 Å². The van der Waals surface area contributed by atoms with Crippen LogP contribution < -0.4 is 14.9 Å². The predicted molar refractivity (Wildman–Crippen MR) is 98.8 cm³/mol. The number of aryl methyl sites for hydroxylation is 1. The van der Waals surface area contributed by atoms with Crippen molar-refractivity contribution in [2.45, 2.75) is 26.2 Å². The third-order valence-electron chi connectivity index (χ3n) is 4.91. The minimum atomic E-state index is -0.00574. The van der Waals surface area contributed by atoms with Crippen molar-refractivity contribution in [1.29, 1.82) is 0 Å². The Balaban J connectivity index is 1.93. The second-order valence-corrected chi connectivity index (χ2v) is 6.46. The first-order valence-electron chi connectivity index (χ1n) is 8.44. The highest BCUT2D eigenvalue weighted by Gasteiger charge is 2.30. The topological polar surface area (TPSA) is 35.5 Å². The Kier molecular flexibility index (Phi) is 4.65. The summed E-state index contributed by atoms with van der Waals surface area (Å²) in [7, 11) is 5.34. The van der Waals surface area contributed by atoms with E-state index in [2.05, 4.69) is 33.0 Å². The van der Waals surface area contributed by atoms with Gasteiger partial charge in [0.25, 0.3) is 0 Å². The van der Waals surface area contributed by atoms with Crippen LogP contribution in [0.15, 0.2) is 30.3 Å². The van der Waals surface area contributed by atoms with Crippen LogP contribution in [0.4, 0.5) is 0 Å². The molecule has 124 valence electrons. The van der Waals surface area contributed by atoms with Gasteiger partial charge in [0.05, 0.1) is 19.8 Å². The Morgan fingerprint density at radius 2 is 1.79 bits per heavy atom. The number of Topliss-reactive ketones (excluding diaryl/α,β-unsaturated/α-hetero) is 1. The molecule has 1 atom stereocenters. The number of rotatable bonds is 5. The van der Waals surface area contributed by atoms with E-state index in [9.17, 15) is 4.79 Å². The van der Waals surface area contributed by atoms with Gasteiger partial charge in [-0.3, -0.25) is 4.79 Å². The molecule has 3 rings (SSSR count). The first-order valence-corrected chi connectivity index (χ1v) is 8.44. The summed E-state index contributed by atoms with van der Waals surface area (Å²) in [6, 6.07) is 10.2. The highest BCUT2D eigenvalue weighted by Crippen LogP contribution is 2.34. The predicted octanol–water partition coefficient (Wildman–Crippen LogP) is 2.12. The van der Waals surface area contributed by atoms with E-state index in [4.69, 9.17) is 9.47 Å². The van der Waals surface area contributed by atoms with E-state index in [1.165, 1.54) is 16.6 Å². The molecule has 0 saturated carbocycles. The lowest BCUT2D eigenvalue weighted by atomic mass is 9.92. The lowest BCUT2D eigenvalue weighted by molar-refractivity contribution is 0.0921. The van der Waals surface area contributed by atoms with Gasteiger partial charge < -0.3 is 9.47 Å². The summed E-state index contributed by atoms with van der Waals surface area (Å²) in [4.78, 5) is 13.1. The number of fused-ring (bicyclic) bond motifs is 1. The molecule has 2 aromatic rings. The first-order chi connectivity index (χ1) is 11.6. The Bertz CT molecular complexity index is 783. The number of hydrogen-bond acceptors (Lipinski definition) is 3. The number of hydrogen-bond donors (Lipinski definition) is 0. The summed E-state index contributed by atoms with van der Waals surface area (Å²) in [6.45, 7) is 2.06. The maximum absolute atomic E-state index is 13.1. The fourth-order valence-corrected chi connectivity index (χ4v) is 3.59. The van der Waals surface area contributed by atoms with E-state index < -0.39 is 0 Å². The summed E-state index contributed by atoms with van der Waals surface area (Å²) in [6.07, 6.45) is 2.44. The van der Waals surface area contributed by atoms with Gasteiger partial charge in [-0.1, -0.05) is 30.6 Å². The van der Waals surface area contributed by atoms with Gasteiger partial charge in [-0.2, -0.15) is 0 Å². The van der Waals surface area contributed by atoms with Gasteiger partial charge in [-0.05, 0) is 42.0 Å². The quantitative estimate of drug-likeness (QED) is 0.625. The molecule has 0 heterocycles. The van der Waals surface area contributed by atoms with E-state index in [0.717, 1.165) is 30.6 Å². The molecule has 4 heteroatoms. The summed E-state index contributed by atoms with van der Waals surface area (Å²) in [5.74, 6) is 1.53. The van der Waals surface area contributed by atoms with Crippen molar-refractivity contribution >= 4 is 19.1 Å². The van der Waals surface area contributed by atoms with E-state index in [0.29, 0.717) is 11.3 Å². The zero-order chi connectivity index (χ0) is 17.3. The minimum Gasteiger partial charge on any atom is -0.496 e. The molecule has 0 amide bonds. The third kappa shape index (κ3) is 2.93. The van der Waals surface area contributed by atoms with Gasteiger partial charge in [0.2, 0.25) is 0 Å². The maximum atomic E-state index is 13.1. The molecule has 1 unspecified atom stereocenters. The van der Waals surface area contributed by atoms with Crippen molar-refractivity contribution in [1.82, 2.24) is 0 Å². The maximum Gasteiger partial charge on any atom is 0.170 e. The molecule has 0 radical (unpaired) electrons. The fraction of sp³-hybridized carbons (Fsp3) is 0.350. The average Bonchev–Trinajstić information content (AvgIpc) is 3.02. The number of benzene rings is 2. The molecule has 0 spiro atoms. The third-order valence-corrected chi connectivity index (χ3v) is 4.91. The number of ether oxygens (including phenoxy) is 2. The van der Waals surface area contributed by atoms with Crippen LogP contribution in [0.25, 0.3) is 0 Å². The van der Waals surface area contributed by atoms with Gasteiger partial charge >= 0.3 is 0 Å². The Labute approximate surface area is 144 Å². The SMILES string of the molecule is Bc1ccc2c(c1)CC(C(=O)c1cc(CC)c(OC)cc1OC)C2. The van der Waals surface area contributed by atoms with Crippen LogP contribution in [-0.2, 0) is 19.3 Å². The summed E-state index contributed by atoms with van der Waals surface area (Å²) in [5.41, 5.74) is 5.55. The number of methoxy groups -OCH3 is 2. The minimum absolute atomic E-state index is 0.00574. The molecule has 3 nitrogen and oxygen atoms in total. The van der Waals surface area contributed by atoms with Crippen molar-refractivity contribution in [2.75, 3.05) is 14.2 Å². The molecule has 0 N–H and O–H groups in total. The zero-order valence-electron chi connectivity index (χ0n) is 14.8. The Hall–Kier alpha value is -2.23. The molecule has 24 heavy (non-hydrogen) atoms. The molecule has 0 saturated heterocycles. The van der Waals surface area contributed by atoms with E-state index in [-0.39, 0.29) is 11.7 Å². The molecule has 2 aromatic carbocycles. The van der Waals surface area contributed by atoms with Crippen molar-refractivity contribution < 1.29 is 14.3 Å². The molecule has 0 aliphatic heterocycles. The summed E-state index contributed by atoms with van der Waals surface area (Å²) < 4.78 is 10.9. The fourth-order valence-electron chi connectivity index (χ4n) is 3.59. The van der Waals surface area contributed by atoms with Gasteiger partial charge in [0.15, 0.2) is 5.78 Å². The number of ketones is 1. The van der Waals surface area contributed by atoms with Gasteiger partial charge in [-0.25, -0.2) is 0 Å². The molecular weight excluding hydrogens is 299 g/mol. The molecule has 0 bridgehead atoms. The van der Waals surface area contributed by atoms with Gasteiger partial charge in [-0.15, -0.1) is 0 Å². The highest BCUT2D eigenvalue weighted by atomic mass is 16.5. The average molecular weight is 322 g/mol. The standard InChI is InChI=1S/C20H23BO3/c1-4-12-10-17(19(24-3)11-18(12)23-2)20(22)15-7-13-5-6-16(21)9-14(13)8-15/h5-6,9-11,15H,4,7-8,21H2,1-3H3. The van der Waals surface area contributed by atoms with E-state index >= 15 is 0 Å². The number of carbonyl (C=O) groups is 1. The summed E-state index contributed by atoms with van der Waals surface area (Å²) >= 11 is 0. The lowest BCUT2D eigenvalue weighted by Crippen LogP contribution is -2.16. The molecule has 1 aliphatic rings. The highest BCUT2D eigenvalue weighted by molar-refractivity contribution is 6.32. The van der Waals surface area contributed by atoms with Crippen molar-refractivity contribution in [3.63, 3.8) is 0 Å². The van der Waals surface area contributed by atoms with Crippen molar-refractivity contribution in [3.05, 3.63) is 52.6 Å². The molecule has 1 aliphatic carbocycles. The van der Waals surface area contributed by atoms with Crippen LogP contribution in [-0.4, -0.2) is 27.8 Å². The van der Waals surface area contributed by atoms with Crippen LogP contribution in [0.5, 0.6) is 11.5 Å². The largest absolute Gasteiger partial charge is 0.496 e. The van der Waals surface area contributed by atoms with Crippen LogP contribution >= 0.6 is 0 Å². The zero-order valence-corrected chi connectivity index (χ0v) is 14.8. The second-order valence-electron chi connectivity index (χ2n) is 6.46. The second kappa shape index (κ2) is 6.72. The lowest BCUT2D eigenvalue weighted by Gasteiger charge is -2.16. The van der Waals surface area contributed by atoms with Crippen molar-refractivity contribution in [2.24, 2.45) is 5.92 Å². The Morgan fingerprint density at radius 1 is 1.08 bits per heavy atom. The first kappa shape index (κ1) is 16.6. The normalized spacial score (nSPS) is 15.9. The summed E-state index contributed by atoms with van der Waals surface area (Å²) in [5, 5.41) is 0. The smallest absolute Gasteiger partial charge is 0.170 e. The molecule has 0 aromatic heterocycles. The number of carbonyl (C=O) groups excluding carboxylic acids is 1. The van der Waals surface area contributed by atoms with Crippen molar-refractivity contribution in [3.8, 4) is 11.5 Å². The Morgan fingerprint density at radius 3 is 2.46 bits per heavy atom. The van der Waals surface area contributed by atoms with Gasteiger partial charge in [0.1, 0.15) is 19.3 Å². The van der Waals surface area contributed by atoms with Crippen LogP contribution in [0.2, 0.25) is 0 Å². The van der Waals surface area contributed by atoms with E-state index in [1.54, 1.807) is 14.2 Å². The van der Waals surface area contributed by atoms with Crippen LogP contribution in [0, 0.1) is 5.92 Å². The van der Waals surface area contributed by atoms with Crippen LogP contribution in [0.1, 0.15) is 34.0 Å². The molecular formula is C20H23BO3. The van der Waals surface area contributed by atoms with E-state index in [1.807, 2.05) is 12.1 Å².